The molecule has 0 aliphatic rings. The molecule has 2 heteroatoms. The molecule has 23 heavy (non-hydrogen) atoms. The smallest absolute Gasteiger partial charge is 0.0790 e. The lowest BCUT2D eigenvalue weighted by Gasteiger charge is -2.08. The van der Waals surface area contributed by atoms with Crippen molar-refractivity contribution < 1.29 is 0 Å². The van der Waals surface area contributed by atoms with Crippen molar-refractivity contribution in [1.82, 2.24) is 4.98 Å². The van der Waals surface area contributed by atoms with E-state index in [0.29, 0.717) is 0 Å². The molecule has 0 bridgehead atoms. The van der Waals surface area contributed by atoms with Crippen molar-refractivity contribution in [2.24, 2.45) is 0 Å². The molecule has 0 saturated carbocycles. The molecule has 0 unspecified atom stereocenters. The largest absolute Gasteiger partial charge is 0.251 e. The van der Waals surface area contributed by atoms with Gasteiger partial charge in [0.05, 0.1) is 15.9 Å². The van der Waals surface area contributed by atoms with Gasteiger partial charge >= 0.3 is 0 Å². The van der Waals surface area contributed by atoms with Crippen LogP contribution in [0, 0.1) is 0 Å². The maximum atomic E-state index is 5.06. The molecular formula is C21H15NS. The molecule has 0 spiro atoms. The van der Waals surface area contributed by atoms with E-state index in [4.69, 9.17) is 4.98 Å². The van der Waals surface area contributed by atoms with Gasteiger partial charge in [-0.1, -0.05) is 61.5 Å². The normalized spacial score (nSPS) is 11.9. The lowest BCUT2D eigenvalue weighted by molar-refractivity contribution is 1.08. The zero-order valence-electron chi connectivity index (χ0n) is 12.8. The molecule has 2 aromatic heterocycles. The van der Waals surface area contributed by atoms with Crippen LogP contribution in [0.25, 0.3) is 41.8 Å². The van der Waals surface area contributed by atoms with Crippen molar-refractivity contribution in [2.45, 2.75) is 13.3 Å². The van der Waals surface area contributed by atoms with Gasteiger partial charge in [-0.2, -0.15) is 0 Å². The SMILES string of the molecule is CCc1nc2c3ccccc3ccc2c2c1sc1ccccc12. The molecule has 0 saturated heterocycles. The number of benzene rings is 3. The minimum absolute atomic E-state index is 0.961. The van der Waals surface area contributed by atoms with E-state index in [9.17, 15) is 0 Å². The van der Waals surface area contributed by atoms with Gasteiger partial charge in [-0.05, 0) is 17.9 Å². The van der Waals surface area contributed by atoms with Crippen LogP contribution in [0.1, 0.15) is 12.6 Å². The second-order valence-corrected chi connectivity index (χ2v) is 6.95. The number of hydrogen-bond donors (Lipinski definition) is 0. The first-order valence-corrected chi connectivity index (χ1v) is 8.80. The highest BCUT2D eigenvalue weighted by atomic mass is 32.1. The molecule has 0 radical (unpaired) electrons. The number of aryl methyl sites for hydroxylation is 1. The molecule has 0 amide bonds. The summed E-state index contributed by atoms with van der Waals surface area (Å²) in [5.74, 6) is 0. The number of fused-ring (bicyclic) bond motifs is 7. The van der Waals surface area contributed by atoms with Gasteiger partial charge in [-0.25, -0.2) is 0 Å². The topological polar surface area (TPSA) is 12.9 Å². The van der Waals surface area contributed by atoms with Crippen LogP contribution in [0.2, 0.25) is 0 Å². The van der Waals surface area contributed by atoms with Gasteiger partial charge in [0, 0.05) is 26.2 Å². The Morgan fingerprint density at radius 1 is 0.826 bits per heavy atom. The maximum absolute atomic E-state index is 5.06. The van der Waals surface area contributed by atoms with Crippen LogP contribution in [-0.4, -0.2) is 4.98 Å². The van der Waals surface area contributed by atoms with Gasteiger partial charge in [-0.15, -0.1) is 11.3 Å². The van der Waals surface area contributed by atoms with Crippen molar-refractivity contribution in [3.63, 3.8) is 0 Å². The molecule has 0 N–H and O–H groups in total. The zero-order valence-corrected chi connectivity index (χ0v) is 13.7. The van der Waals surface area contributed by atoms with Crippen LogP contribution in [0.3, 0.4) is 0 Å². The standard InChI is InChI=1S/C21H15NS/c1-2-17-21-19(15-9-5-6-10-18(15)23-21)16-12-11-13-7-3-4-8-14(13)20(16)22-17/h3-12H,2H2,1H3. The molecule has 0 atom stereocenters. The van der Waals surface area contributed by atoms with Gasteiger partial charge in [0.15, 0.2) is 0 Å². The maximum Gasteiger partial charge on any atom is 0.0790 e. The van der Waals surface area contributed by atoms with E-state index in [1.54, 1.807) is 0 Å². The fourth-order valence-corrected chi connectivity index (χ4v) is 4.80. The summed E-state index contributed by atoms with van der Waals surface area (Å²) in [6.45, 7) is 2.20. The highest BCUT2D eigenvalue weighted by molar-refractivity contribution is 7.26. The minimum Gasteiger partial charge on any atom is -0.251 e. The van der Waals surface area contributed by atoms with Gasteiger partial charge < -0.3 is 0 Å². The average Bonchev–Trinajstić information content (AvgIpc) is 3.00. The second kappa shape index (κ2) is 4.77. The first-order valence-electron chi connectivity index (χ1n) is 7.98. The summed E-state index contributed by atoms with van der Waals surface area (Å²) in [6.07, 6.45) is 0.961. The van der Waals surface area contributed by atoms with Crippen molar-refractivity contribution in [1.29, 1.82) is 0 Å². The summed E-state index contributed by atoms with van der Waals surface area (Å²) in [5, 5.41) is 6.50. The number of aromatic nitrogens is 1. The Balaban J connectivity index is 2.13. The quantitative estimate of drug-likeness (QED) is 0.330. The van der Waals surface area contributed by atoms with Crippen molar-refractivity contribution in [2.75, 3.05) is 0 Å². The fourth-order valence-electron chi connectivity index (χ4n) is 3.52. The van der Waals surface area contributed by atoms with E-state index in [1.807, 2.05) is 11.3 Å². The van der Waals surface area contributed by atoms with Crippen LogP contribution in [0.5, 0.6) is 0 Å². The number of pyridine rings is 1. The summed E-state index contributed by atoms with van der Waals surface area (Å²) < 4.78 is 2.69. The number of thiophene rings is 1. The van der Waals surface area contributed by atoms with Crippen LogP contribution in [0.4, 0.5) is 0 Å². The third-order valence-electron chi connectivity index (χ3n) is 4.61. The number of nitrogens with zero attached hydrogens (tertiary/aromatic N) is 1. The molecule has 2 heterocycles. The van der Waals surface area contributed by atoms with Crippen LogP contribution < -0.4 is 0 Å². The summed E-state index contributed by atoms with van der Waals surface area (Å²) in [7, 11) is 0. The Hall–Kier alpha value is -2.45. The summed E-state index contributed by atoms with van der Waals surface area (Å²) >= 11 is 1.87. The molecule has 0 aliphatic heterocycles. The second-order valence-electron chi connectivity index (χ2n) is 5.90. The lowest BCUT2D eigenvalue weighted by atomic mass is 10.0. The van der Waals surface area contributed by atoms with Gasteiger partial charge in [0.25, 0.3) is 0 Å². The molecule has 0 fully saturated rings. The molecule has 110 valence electrons. The molecule has 0 aliphatic carbocycles. The molecule has 3 aromatic carbocycles. The summed E-state index contributed by atoms with van der Waals surface area (Å²) in [6, 6.07) is 21.7. The van der Waals surface area contributed by atoms with E-state index in [-0.39, 0.29) is 0 Å². The van der Waals surface area contributed by atoms with E-state index in [0.717, 1.165) is 11.9 Å². The highest BCUT2D eigenvalue weighted by Gasteiger charge is 2.14. The molecule has 5 rings (SSSR count). The van der Waals surface area contributed by atoms with Gasteiger partial charge in [0.2, 0.25) is 0 Å². The van der Waals surface area contributed by atoms with Crippen LogP contribution in [0.15, 0.2) is 60.7 Å². The minimum atomic E-state index is 0.961. The predicted octanol–water partition coefficient (Wildman–Crippen LogP) is 6.32. The summed E-state index contributed by atoms with van der Waals surface area (Å²) in [5.41, 5.74) is 2.35. The van der Waals surface area contributed by atoms with Crippen LogP contribution >= 0.6 is 11.3 Å². The van der Waals surface area contributed by atoms with E-state index in [2.05, 4.69) is 67.6 Å². The zero-order chi connectivity index (χ0) is 15.4. The third-order valence-corrected chi connectivity index (χ3v) is 5.83. The molecule has 5 aromatic rings. The van der Waals surface area contributed by atoms with Crippen molar-refractivity contribution >= 4 is 53.2 Å². The van der Waals surface area contributed by atoms with Gasteiger partial charge in [-0.3, -0.25) is 4.98 Å². The first kappa shape index (κ1) is 13.0. The molecular weight excluding hydrogens is 298 g/mol. The Morgan fingerprint density at radius 2 is 1.61 bits per heavy atom. The predicted molar refractivity (Wildman–Crippen MR) is 102 cm³/mol. The Bertz CT molecular complexity index is 1200. The molecule has 1 nitrogen and oxygen atoms in total. The average molecular weight is 313 g/mol. The third kappa shape index (κ3) is 1.76. The number of hydrogen-bond acceptors (Lipinski definition) is 2. The first-order chi connectivity index (χ1) is 11.4. The fraction of sp³-hybridized carbons (Fsp3) is 0.0952. The van der Waals surface area contributed by atoms with Crippen molar-refractivity contribution in [3.8, 4) is 0 Å². The monoisotopic (exact) mass is 313 g/mol. The van der Waals surface area contributed by atoms with Gasteiger partial charge in [0.1, 0.15) is 0 Å². The Labute approximate surface area is 138 Å². The van der Waals surface area contributed by atoms with E-state index in [1.165, 1.54) is 42.0 Å². The van der Waals surface area contributed by atoms with Crippen LogP contribution in [-0.2, 0) is 6.42 Å². The Kier molecular flexibility index (Phi) is 2.70. The van der Waals surface area contributed by atoms with E-state index >= 15 is 0 Å². The van der Waals surface area contributed by atoms with E-state index < -0.39 is 0 Å². The lowest BCUT2D eigenvalue weighted by Crippen LogP contribution is -1.90. The Morgan fingerprint density at radius 3 is 2.48 bits per heavy atom. The highest BCUT2D eigenvalue weighted by Crippen LogP contribution is 2.40. The summed E-state index contributed by atoms with van der Waals surface area (Å²) in [4.78, 5) is 5.06. The number of rotatable bonds is 1. The van der Waals surface area contributed by atoms with Crippen molar-refractivity contribution in [3.05, 3.63) is 66.4 Å².